The first-order valence-electron chi connectivity index (χ1n) is 11.2. The summed E-state index contributed by atoms with van der Waals surface area (Å²) < 4.78 is 5.45. The average molecular weight is 479 g/mol. The maximum absolute atomic E-state index is 12.4. The molecule has 3 aromatic rings. The van der Waals surface area contributed by atoms with E-state index in [1.807, 2.05) is 47.8 Å². The highest BCUT2D eigenvalue weighted by Gasteiger charge is 2.29. The molecule has 2 aromatic carbocycles. The monoisotopic (exact) mass is 478 g/mol. The molecule has 0 unspecified atom stereocenters. The second-order valence-corrected chi connectivity index (χ2v) is 9.04. The van der Waals surface area contributed by atoms with Crippen molar-refractivity contribution in [2.45, 2.75) is 31.2 Å². The van der Waals surface area contributed by atoms with Crippen molar-refractivity contribution in [1.29, 1.82) is 0 Å². The van der Waals surface area contributed by atoms with Gasteiger partial charge in [0.1, 0.15) is 12.6 Å². The van der Waals surface area contributed by atoms with Gasteiger partial charge in [-0.15, -0.1) is 11.3 Å². The highest BCUT2D eigenvalue weighted by atomic mass is 32.1. The maximum atomic E-state index is 12.4. The van der Waals surface area contributed by atoms with E-state index >= 15 is 0 Å². The van der Waals surface area contributed by atoms with Gasteiger partial charge in [-0.1, -0.05) is 54.6 Å². The number of carbonyl (C=O) groups is 3. The van der Waals surface area contributed by atoms with Crippen molar-refractivity contribution in [3.05, 3.63) is 82.0 Å². The molecule has 0 spiro atoms. The number of benzene rings is 2. The Hall–Kier alpha value is -3.65. The van der Waals surface area contributed by atoms with E-state index in [9.17, 15) is 19.5 Å². The number of nitrogens with one attached hydrogen (secondary N) is 2. The van der Waals surface area contributed by atoms with Crippen molar-refractivity contribution in [3.63, 3.8) is 0 Å². The van der Waals surface area contributed by atoms with Crippen LogP contribution in [0.2, 0.25) is 0 Å². The van der Waals surface area contributed by atoms with Crippen LogP contribution >= 0.6 is 11.3 Å². The number of hydrogen-bond donors (Lipinski definition) is 3. The molecule has 1 heterocycles. The molecule has 0 fully saturated rings. The van der Waals surface area contributed by atoms with Crippen LogP contribution in [0.25, 0.3) is 11.1 Å². The topological polar surface area (TPSA) is 105 Å². The number of unbranched alkanes of at least 4 members (excludes halogenated alkanes) is 1. The largest absolute Gasteiger partial charge is 0.480 e. The zero-order valence-corrected chi connectivity index (χ0v) is 19.3. The van der Waals surface area contributed by atoms with Gasteiger partial charge in [0, 0.05) is 12.5 Å². The van der Waals surface area contributed by atoms with E-state index in [0.717, 1.165) is 22.3 Å². The number of aliphatic carboxylic acids is 1. The van der Waals surface area contributed by atoms with E-state index in [4.69, 9.17) is 4.74 Å². The summed E-state index contributed by atoms with van der Waals surface area (Å²) in [6.07, 6.45) is 0.632. The lowest BCUT2D eigenvalue weighted by molar-refractivity contribution is -0.139. The molecule has 4 rings (SSSR count). The molecule has 0 radical (unpaired) electrons. The van der Waals surface area contributed by atoms with Gasteiger partial charge in [0.05, 0.1) is 4.88 Å². The lowest BCUT2D eigenvalue weighted by atomic mass is 9.98. The molecule has 3 N–H and O–H groups in total. The molecule has 0 aliphatic heterocycles. The lowest BCUT2D eigenvalue weighted by Crippen LogP contribution is -2.41. The van der Waals surface area contributed by atoms with Crippen LogP contribution in [0.5, 0.6) is 0 Å². The number of carboxylic acid groups (broad SMARTS) is 1. The molecule has 1 aliphatic rings. The Balaban J connectivity index is 1.24. The van der Waals surface area contributed by atoms with Crippen LogP contribution in [0.1, 0.15) is 46.0 Å². The van der Waals surface area contributed by atoms with E-state index in [-0.39, 0.29) is 24.9 Å². The summed E-state index contributed by atoms with van der Waals surface area (Å²) >= 11 is 1.37. The molecule has 1 aromatic heterocycles. The van der Waals surface area contributed by atoms with Crippen LogP contribution in [0.3, 0.4) is 0 Å². The van der Waals surface area contributed by atoms with Gasteiger partial charge in [0.15, 0.2) is 0 Å². The van der Waals surface area contributed by atoms with E-state index in [2.05, 4.69) is 22.8 Å². The maximum Gasteiger partial charge on any atom is 0.407 e. The van der Waals surface area contributed by atoms with Crippen molar-refractivity contribution >= 4 is 29.3 Å². The van der Waals surface area contributed by atoms with Crippen LogP contribution in [-0.4, -0.2) is 42.3 Å². The molecule has 176 valence electrons. The van der Waals surface area contributed by atoms with Crippen molar-refractivity contribution in [2.75, 3.05) is 13.2 Å². The fraction of sp³-hybridized carbons (Fsp3) is 0.269. The smallest absolute Gasteiger partial charge is 0.407 e. The van der Waals surface area contributed by atoms with Crippen molar-refractivity contribution in [3.8, 4) is 11.1 Å². The molecular weight excluding hydrogens is 452 g/mol. The molecule has 0 saturated carbocycles. The highest BCUT2D eigenvalue weighted by molar-refractivity contribution is 7.12. The van der Waals surface area contributed by atoms with Gasteiger partial charge in [-0.2, -0.15) is 0 Å². The quantitative estimate of drug-likeness (QED) is 0.368. The van der Waals surface area contributed by atoms with E-state index in [1.54, 1.807) is 6.07 Å². The van der Waals surface area contributed by atoms with Crippen molar-refractivity contribution in [2.24, 2.45) is 0 Å². The summed E-state index contributed by atoms with van der Waals surface area (Å²) in [6, 6.07) is 18.6. The molecule has 1 atom stereocenters. The summed E-state index contributed by atoms with van der Waals surface area (Å²) in [4.78, 5) is 36.6. The first kappa shape index (κ1) is 23.5. The first-order chi connectivity index (χ1) is 16.5. The van der Waals surface area contributed by atoms with Crippen LogP contribution < -0.4 is 10.6 Å². The Morgan fingerprint density at radius 1 is 0.941 bits per heavy atom. The van der Waals surface area contributed by atoms with Gasteiger partial charge in [-0.05, 0) is 53.0 Å². The summed E-state index contributed by atoms with van der Waals surface area (Å²) in [6.45, 7) is 0.564. The van der Waals surface area contributed by atoms with E-state index in [0.29, 0.717) is 24.3 Å². The highest BCUT2D eigenvalue weighted by Crippen LogP contribution is 2.44. The summed E-state index contributed by atoms with van der Waals surface area (Å²) in [5, 5.41) is 16.6. The molecule has 7 nitrogen and oxygen atoms in total. The van der Waals surface area contributed by atoms with Crippen LogP contribution in [0.4, 0.5) is 4.79 Å². The van der Waals surface area contributed by atoms with Crippen LogP contribution in [0.15, 0.2) is 66.0 Å². The third-order valence-corrected chi connectivity index (χ3v) is 6.75. The fourth-order valence-corrected chi connectivity index (χ4v) is 4.85. The SMILES string of the molecule is O=C(N[C@@H](CCCCNC(=O)c1cccs1)C(=O)O)OCC1c2ccccc2-c2ccccc21. The van der Waals surface area contributed by atoms with Crippen molar-refractivity contribution in [1.82, 2.24) is 10.6 Å². The predicted molar refractivity (Wildman–Crippen MR) is 130 cm³/mol. The number of amides is 2. The first-order valence-corrected chi connectivity index (χ1v) is 12.1. The molecular formula is C26H26N2O5S. The number of carbonyl (C=O) groups excluding carboxylic acids is 2. The molecule has 0 saturated heterocycles. The van der Waals surface area contributed by atoms with Crippen molar-refractivity contribution < 1.29 is 24.2 Å². The third-order valence-electron chi connectivity index (χ3n) is 5.88. The predicted octanol–water partition coefficient (Wildman–Crippen LogP) is 4.64. The normalized spacial score (nSPS) is 12.9. The Morgan fingerprint density at radius 2 is 1.62 bits per heavy atom. The third kappa shape index (κ3) is 5.46. The Morgan fingerprint density at radius 3 is 2.24 bits per heavy atom. The molecule has 8 heteroatoms. The van der Waals surface area contributed by atoms with Gasteiger partial charge in [-0.25, -0.2) is 9.59 Å². The minimum Gasteiger partial charge on any atom is -0.480 e. The fourth-order valence-electron chi connectivity index (χ4n) is 4.21. The molecule has 0 bridgehead atoms. The van der Waals surface area contributed by atoms with Gasteiger partial charge < -0.3 is 20.5 Å². The average Bonchev–Trinajstić information content (AvgIpc) is 3.49. The summed E-state index contributed by atoms with van der Waals surface area (Å²) in [5.41, 5.74) is 4.44. The number of carboxylic acids is 1. The molecule has 2 amide bonds. The second kappa shape index (κ2) is 11.0. The van der Waals surface area contributed by atoms with Gasteiger partial charge in [0.2, 0.25) is 0 Å². The Kier molecular flexibility index (Phi) is 7.59. The molecule has 34 heavy (non-hydrogen) atoms. The van der Waals surface area contributed by atoms with E-state index < -0.39 is 18.1 Å². The zero-order chi connectivity index (χ0) is 23.9. The van der Waals surface area contributed by atoms with Crippen LogP contribution in [-0.2, 0) is 9.53 Å². The lowest BCUT2D eigenvalue weighted by Gasteiger charge is -2.17. The second-order valence-electron chi connectivity index (χ2n) is 8.09. The minimum atomic E-state index is -1.11. The van der Waals surface area contributed by atoms with Gasteiger partial charge in [-0.3, -0.25) is 4.79 Å². The van der Waals surface area contributed by atoms with Gasteiger partial charge >= 0.3 is 12.1 Å². The number of ether oxygens (including phenoxy) is 1. The van der Waals surface area contributed by atoms with Gasteiger partial charge in [0.25, 0.3) is 5.91 Å². The molecule has 1 aliphatic carbocycles. The number of rotatable bonds is 10. The number of thiophene rings is 1. The Labute approximate surface area is 201 Å². The van der Waals surface area contributed by atoms with E-state index in [1.165, 1.54) is 11.3 Å². The summed E-state index contributed by atoms with van der Waals surface area (Å²) in [5.74, 6) is -1.34. The summed E-state index contributed by atoms with van der Waals surface area (Å²) in [7, 11) is 0. The number of fused-ring (bicyclic) bond motifs is 3. The number of hydrogen-bond acceptors (Lipinski definition) is 5. The van der Waals surface area contributed by atoms with Crippen LogP contribution in [0, 0.1) is 0 Å². The standard InChI is InChI=1S/C26H26N2O5S/c29-24(23-13-7-15-34-23)27-14-6-5-12-22(25(30)31)28-26(32)33-16-21-19-10-3-1-8-17(19)18-9-2-4-11-20(18)21/h1-4,7-11,13,15,21-22H,5-6,12,14,16H2,(H,27,29)(H,28,32)(H,30,31)/t22-/m0/s1. The Bertz CT molecular complexity index is 1120. The number of alkyl carbamates (subject to hydrolysis) is 1. The zero-order valence-electron chi connectivity index (χ0n) is 18.5. The minimum absolute atomic E-state index is 0.0895.